The van der Waals surface area contributed by atoms with Gasteiger partial charge in [-0.3, -0.25) is 0 Å². The molecule has 2 heterocycles. The molecule has 0 bridgehead atoms. The van der Waals surface area contributed by atoms with Crippen LogP contribution in [-0.2, 0) is 9.57 Å². The van der Waals surface area contributed by atoms with Crippen molar-refractivity contribution in [2.75, 3.05) is 31.2 Å². The predicted octanol–water partition coefficient (Wildman–Crippen LogP) is 2.30. The highest BCUT2D eigenvalue weighted by molar-refractivity contribution is 5.88. The SMILES string of the molecule is NC(=O)OCC1=NOC(COc2ccccc2N2CCCCC2)C1. The molecule has 0 saturated carbocycles. The van der Waals surface area contributed by atoms with Crippen LogP contribution in [0.25, 0.3) is 0 Å². The van der Waals surface area contributed by atoms with Gasteiger partial charge >= 0.3 is 6.09 Å². The molecule has 1 amide bonds. The van der Waals surface area contributed by atoms with E-state index in [1.54, 1.807) is 0 Å². The monoisotopic (exact) mass is 333 g/mol. The molecule has 2 N–H and O–H groups in total. The molecule has 0 spiro atoms. The minimum Gasteiger partial charge on any atom is -0.487 e. The molecular formula is C17H23N3O4. The van der Waals surface area contributed by atoms with Gasteiger partial charge in [0, 0.05) is 19.5 Å². The zero-order chi connectivity index (χ0) is 16.8. The molecule has 7 heteroatoms. The predicted molar refractivity (Wildman–Crippen MR) is 90.5 cm³/mol. The van der Waals surface area contributed by atoms with Crippen LogP contribution in [0.2, 0.25) is 0 Å². The number of anilines is 1. The van der Waals surface area contributed by atoms with Crippen molar-refractivity contribution in [3.63, 3.8) is 0 Å². The topological polar surface area (TPSA) is 86.4 Å². The Morgan fingerprint density at radius 1 is 1.29 bits per heavy atom. The molecule has 0 aromatic heterocycles. The smallest absolute Gasteiger partial charge is 0.404 e. The van der Waals surface area contributed by atoms with Crippen LogP contribution in [0.1, 0.15) is 25.7 Å². The second-order valence-corrected chi connectivity index (χ2v) is 6.02. The molecule has 0 radical (unpaired) electrons. The van der Waals surface area contributed by atoms with Gasteiger partial charge in [-0.1, -0.05) is 17.3 Å². The Hall–Kier alpha value is -2.44. The van der Waals surface area contributed by atoms with Gasteiger partial charge < -0.3 is 24.9 Å². The van der Waals surface area contributed by atoms with E-state index in [0.717, 1.165) is 24.5 Å². The summed E-state index contributed by atoms with van der Waals surface area (Å²) in [6, 6.07) is 8.09. The van der Waals surface area contributed by atoms with Crippen LogP contribution >= 0.6 is 0 Å². The fraction of sp³-hybridized carbons (Fsp3) is 0.529. The molecule has 0 aliphatic carbocycles. The van der Waals surface area contributed by atoms with Gasteiger partial charge in [0.05, 0.1) is 11.4 Å². The Kier molecular flexibility index (Phi) is 5.40. The van der Waals surface area contributed by atoms with Crippen LogP contribution < -0.4 is 15.4 Å². The minimum absolute atomic E-state index is 0.0657. The molecule has 3 rings (SSSR count). The van der Waals surface area contributed by atoms with Crippen LogP contribution in [0.15, 0.2) is 29.4 Å². The van der Waals surface area contributed by atoms with Gasteiger partial charge in [0.15, 0.2) is 6.10 Å². The number of para-hydroxylation sites is 2. The number of rotatable bonds is 6. The number of nitrogens with two attached hydrogens (primary N) is 1. The number of nitrogens with zero attached hydrogens (tertiary/aromatic N) is 2. The largest absolute Gasteiger partial charge is 0.487 e. The summed E-state index contributed by atoms with van der Waals surface area (Å²) in [5.74, 6) is 0.866. The van der Waals surface area contributed by atoms with Gasteiger partial charge in [0.1, 0.15) is 19.0 Å². The third-order valence-electron chi connectivity index (χ3n) is 4.16. The van der Waals surface area contributed by atoms with E-state index in [2.05, 4.69) is 16.1 Å². The number of hydrogen-bond acceptors (Lipinski definition) is 6. The van der Waals surface area contributed by atoms with Gasteiger partial charge in [0.25, 0.3) is 0 Å². The quantitative estimate of drug-likeness (QED) is 0.863. The van der Waals surface area contributed by atoms with Crippen LogP contribution in [-0.4, -0.2) is 44.2 Å². The summed E-state index contributed by atoms with van der Waals surface area (Å²) in [5.41, 5.74) is 6.73. The summed E-state index contributed by atoms with van der Waals surface area (Å²) in [6.45, 7) is 2.60. The van der Waals surface area contributed by atoms with Gasteiger partial charge in [-0.05, 0) is 31.4 Å². The van der Waals surface area contributed by atoms with Crippen LogP contribution in [0.3, 0.4) is 0 Å². The minimum atomic E-state index is -0.812. The van der Waals surface area contributed by atoms with Gasteiger partial charge in [-0.25, -0.2) is 4.79 Å². The van der Waals surface area contributed by atoms with Gasteiger partial charge in [-0.15, -0.1) is 0 Å². The molecule has 1 aromatic carbocycles. The second-order valence-electron chi connectivity index (χ2n) is 6.02. The Bertz CT molecular complexity index is 599. The number of ether oxygens (including phenoxy) is 2. The van der Waals surface area contributed by atoms with E-state index in [1.165, 1.54) is 19.3 Å². The third kappa shape index (κ3) is 4.31. The molecule has 1 aromatic rings. The van der Waals surface area contributed by atoms with E-state index in [-0.39, 0.29) is 12.7 Å². The lowest BCUT2D eigenvalue weighted by molar-refractivity contribution is 0.0472. The Labute approximate surface area is 141 Å². The highest BCUT2D eigenvalue weighted by Gasteiger charge is 2.23. The lowest BCUT2D eigenvalue weighted by atomic mass is 10.1. The maximum absolute atomic E-state index is 10.6. The number of piperidine rings is 1. The van der Waals surface area contributed by atoms with Crippen molar-refractivity contribution >= 4 is 17.5 Å². The zero-order valence-corrected chi connectivity index (χ0v) is 13.6. The van der Waals surface area contributed by atoms with Gasteiger partial charge in [-0.2, -0.15) is 0 Å². The van der Waals surface area contributed by atoms with E-state index >= 15 is 0 Å². The number of oxime groups is 1. The summed E-state index contributed by atoms with van der Waals surface area (Å²) in [5, 5.41) is 3.91. The molecule has 24 heavy (non-hydrogen) atoms. The number of benzene rings is 1. The third-order valence-corrected chi connectivity index (χ3v) is 4.16. The summed E-state index contributed by atoms with van der Waals surface area (Å²) < 4.78 is 10.7. The molecule has 1 atom stereocenters. The number of carbonyl (C=O) groups is 1. The molecule has 2 aliphatic rings. The number of hydrogen-bond donors (Lipinski definition) is 1. The van der Waals surface area contributed by atoms with Crippen molar-refractivity contribution in [1.82, 2.24) is 0 Å². The first kappa shape index (κ1) is 16.4. The first-order valence-corrected chi connectivity index (χ1v) is 8.33. The molecule has 7 nitrogen and oxygen atoms in total. The number of carbonyl (C=O) groups excluding carboxylic acids is 1. The number of amides is 1. The van der Waals surface area contributed by atoms with E-state index in [9.17, 15) is 4.79 Å². The van der Waals surface area contributed by atoms with Crippen molar-refractivity contribution in [3.05, 3.63) is 24.3 Å². The highest BCUT2D eigenvalue weighted by Crippen LogP contribution is 2.30. The standard InChI is InChI=1S/C17H23N3O4/c18-17(21)23-11-13-10-14(24-19-13)12-22-16-7-3-2-6-15(16)20-8-4-1-5-9-20/h2-3,6-7,14H,1,4-5,8-12H2,(H2,18,21). The first-order valence-electron chi connectivity index (χ1n) is 8.33. The highest BCUT2D eigenvalue weighted by atomic mass is 16.7. The van der Waals surface area contributed by atoms with Crippen molar-refractivity contribution in [2.45, 2.75) is 31.8 Å². The molecule has 2 aliphatic heterocycles. The van der Waals surface area contributed by atoms with E-state index in [1.807, 2.05) is 18.2 Å². The molecule has 1 fully saturated rings. The van der Waals surface area contributed by atoms with E-state index < -0.39 is 6.09 Å². The molecular weight excluding hydrogens is 310 g/mol. The van der Waals surface area contributed by atoms with E-state index in [4.69, 9.17) is 20.0 Å². The van der Waals surface area contributed by atoms with Crippen LogP contribution in [0.4, 0.5) is 10.5 Å². The fourth-order valence-electron chi connectivity index (χ4n) is 2.97. The summed E-state index contributed by atoms with van der Waals surface area (Å²) >= 11 is 0. The summed E-state index contributed by atoms with van der Waals surface area (Å²) in [7, 11) is 0. The normalized spacial score (nSPS) is 20.2. The van der Waals surface area contributed by atoms with Crippen molar-refractivity contribution in [2.24, 2.45) is 10.9 Å². The second kappa shape index (κ2) is 7.90. The Balaban J connectivity index is 1.51. The zero-order valence-electron chi connectivity index (χ0n) is 13.6. The Morgan fingerprint density at radius 3 is 2.88 bits per heavy atom. The molecule has 1 saturated heterocycles. The van der Waals surface area contributed by atoms with Crippen LogP contribution in [0.5, 0.6) is 5.75 Å². The average molecular weight is 333 g/mol. The average Bonchev–Trinajstić information content (AvgIpc) is 3.07. The van der Waals surface area contributed by atoms with E-state index in [0.29, 0.717) is 18.7 Å². The Morgan fingerprint density at radius 2 is 2.08 bits per heavy atom. The molecule has 130 valence electrons. The summed E-state index contributed by atoms with van der Waals surface area (Å²) in [4.78, 5) is 18.3. The lowest BCUT2D eigenvalue weighted by Gasteiger charge is -2.30. The number of primary amides is 1. The summed E-state index contributed by atoms with van der Waals surface area (Å²) in [6.07, 6.45) is 3.31. The van der Waals surface area contributed by atoms with Crippen molar-refractivity contribution in [3.8, 4) is 5.75 Å². The first-order chi connectivity index (χ1) is 11.7. The van der Waals surface area contributed by atoms with Crippen molar-refractivity contribution in [1.29, 1.82) is 0 Å². The maximum atomic E-state index is 10.6. The van der Waals surface area contributed by atoms with Crippen LogP contribution in [0, 0.1) is 0 Å². The fourth-order valence-corrected chi connectivity index (χ4v) is 2.97. The molecule has 1 unspecified atom stereocenters. The van der Waals surface area contributed by atoms with Gasteiger partial charge in [0.2, 0.25) is 0 Å². The van der Waals surface area contributed by atoms with Crippen molar-refractivity contribution < 1.29 is 19.1 Å². The maximum Gasteiger partial charge on any atom is 0.404 e. The lowest BCUT2D eigenvalue weighted by Crippen LogP contribution is -2.30.